The van der Waals surface area contributed by atoms with Crippen LogP contribution in [0.3, 0.4) is 0 Å². The first kappa shape index (κ1) is 5.92. The van der Waals surface area contributed by atoms with E-state index in [4.69, 9.17) is 0 Å². The van der Waals surface area contributed by atoms with Crippen molar-refractivity contribution in [2.24, 2.45) is 0 Å². The minimum atomic E-state index is -0.0950. The number of rotatable bonds is 3. The Morgan fingerprint density at radius 2 is 1.17 bits per heavy atom. The Morgan fingerprint density at radius 3 is 1.33 bits per heavy atom. The van der Waals surface area contributed by atoms with Gasteiger partial charge in [0, 0.05) is 0 Å². The predicted octanol–water partition coefficient (Wildman–Crippen LogP) is -1.51. The fourth-order valence-corrected chi connectivity index (χ4v) is 0.204. The molecule has 0 bridgehead atoms. The van der Waals surface area contributed by atoms with E-state index in [1.807, 2.05) is 0 Å². The van der Waals surface area contributed by atoms with Crippen LogP contribution in [0.15, 0.2) is 0 Å². The van der Waals surface area contributed by atoms with Crippen molar-refractivity contribution in [1.82, 2.24) is 0 Å². The lowest BCUT2D eigenvalue weighted by Crippen LogP contribution is -2.10. The third-order valence-corrected chi connectivity index (χ3v) is 0.539. The summed E-state index contributed by atoms with van der Waals surface area (Å²) < 4.78 is 0. The lowest BCUT2D eigenvalue weighted by Gasteiger charge is -2.03. The van der Waals surface area contributed by atoms with Crippen molar-refractivity contribution in [2.75, 3.05) is 13.2 Å². The van der Waals surface area contributed by atoms with Crippen molar-refractivity contribution >= 4 is 0 Å². The van der Waals surface area contributed by atoms with Crippen LogP contribution < -0.4 is 10.2 Å². The molecule has 6 heavy (non-hydrogen) atoms. The zero-order chi connectivity index (χ0) is 4.83. The Labute approximate surface area is 37.4 Å². The van der Waals surface area contributed by atoms with Gasteiger partial charge in [-0.1, -0.05) is 12.8 Å². The molecule has 2 heteroatoms. The highest BCUT2D eigenvalue weighted by Crippen LogP contribution is 1.76. The third kappa shape index (κ3) is 3.92. The Balaban J connectivity index is 2.34. The average Bonchev–Trinajstić information content (AvgIpc) is 1.61. The second-order valence-electron chi connectivity index (χ2n) is 1.12. The zero-order valence-electron chi connectivity index (χ0n) is 3.64. The first-order chi connectivity index (χ1) is 2.91. The maximum atomic E-state index is 9.55. The molecular weight excluding hydrogens is 80.0 g/mol. The number of unbranched alkanes of at least 4 members (excludes halogenated alkanes) is 1. The largest absolute Gasteiger partial charge is 0.854 e. The van der Waals surface area contributed by atoms with Gasteiger partial charge >= 0.3 is 0 Å². The summed E-state index contributed by atoms with van der Waals surface area (Å²) in [5.41, 5.74) is 0. The van der Waals surface area contributed by atoms with E-state index in [1.54, 1.807) is 0 Å². The van der Waals surface area contributed by atoms with Gasteiger partial charge in [0.15, 0.2) is 0 Å². The molecule has 0 N–H and O–H groups in total. The topological polar surface area (TPSA) is 46.1 Å². The number of hydrogen-bond acceptors (Lipinski definition) is 2. The molecule has 0 aliphatic heterocycles. The van der Waals surface area contributed by atoms with Crippen molar-refractivity contribution in [3.05, 3.63) is 0 Å². The van der Waals surface area contributed by atoms with E-state index in [1.165, 1.54) is 0 Å². The highest BCUT2D eigenvalue weighted by atomic mass is 16.3. The van der Waals surface area contributed by atoms with E-state index in [2.05, 4.69) is 0 Å². The molecule has 38 valence electrons. The average molecular weight is 88.1 g/mol. The smallest absolute Gasteiger partial charge is 0.0700 e. The summed E-state index contributed by atoms with van der Waals surface area (Å²) in [7, 11) is 0. The molecule has 0 aromatic rings. The van der Waals surface area contributed by atoms with E-state index in [-0.39, 0.29) is 13.2 Å². The van der Waals surface area contributed by atoms with Crippen LogP contribution in [0.5, 0.6) is 0 Å². The lowest BCUT2D eigenvalue weighted by molar-refractivity contribution is -0.384. The van der Waals surface area contributed by atoms with Gasteiger partial charge in [-0.25, -0.2) is 0 Å². The van der Waals surface area contributed by atoms with E-state index in [0.717, 1.165) is 0 Å². The van der Waals surface area contributed by atoms with E-state index < -0.39 is 0 Å². The van der Waals surface area contributed by atoms with Crippen LogP contribution >= 0.6 is 0 Å². The van der Waals surface area contributed by atoms with Gasteiger partial charge in [-0.15, -0.1) is 13.2 Å². The second kappa shape index (κ2) is 4.92. The molecule has 0 atom stereocenters. The van der Waals surface area contributed by atoms with Gasteiger partial charge in [0.1, 0.15) is 0 Å². The van der Waals surface area contributed by atoms with Crippen LogP contribution in [0.2, 0.25) is 0 Å². The predicted molar refractivity (Wildman–Crippen MR) is 19.0 cm³/mol. The minimum absolute atomic E-state index is 0.0950. The van der Waals surface area contributed by atoms with Gasteiger partial charge in [0.25, 0.3) is 0 Å². The number of hydrogen-bond donors (Lipinski definition) is 0. The molecule has 0 amide bonds. The Morgan fingerprint density at radius 1 is 0.833 bits per heavy atom. The maximum Gasteiger partial charge on any atom is -0.0700 e. The summed E-state index contributed by atoms with van der Waals surface area (Å²) in [4.78, 5) is 0. The molecule has 0 aromatic heterocycles. The van der Waals surface area contributed by atoms with Gasteiger partial charge in [0.05, 0.1) is 0 Å². The molecule has 2 nitrogen and oxygen atoms in total. The fraction of sp³-hybridized carbons (Fsp3) is 1.00. The molecule has 0 aromatic carbocycles. The first-order valence-electron chi connectivity index (χ1n) is 2.08. The fourth-order valence-electron chi connectivity index (χ4n) is 0.204. The van der Waals surface area contributed by atoms with Crippen LogP contribution in [-0.4, -0.2) is 13.2 Å². The van der Waals surface area contributed by atoms with E-state index in [0.29, 0.717) is 12.8 Å². The van der Waals surface area contributed by atoms with E-state index in [9.17, 15) is 10.2 Å². The van der Waals surface area contributed by atoms with Crippen LogP contribution in [0.4, 0.5) is 0 Å². The van der Waals surface area contributed by atoms with Gasteiger partial charge in [0.2, 0.25) is 0 Å². The molecule has 0 heterocycles. The molecular formula is C4H8O2-2. The van der Waals surface area contributed by atoms with Gasteiger partial charge in [-0.3, -0.25) is 0 Å². The third-order valence-electron chi connectivity index (χ3n) is 0.539. The Hall–Kier alpha value is -0.0800. The monoisotopic (exact) mass is 88.1 g/mol. The summed E-state index contributed by atoms with van der Waals surface area (Å²) in [6, 6.07) is 0. The molecule has 0 rings (SSSR count). The maximum absolute atomic E-state index is 9.55. The normalized spacial score (nSPS) is 9.00. The summed E-state index contributed by atoms with van der Waals surface area (Å²) >= 11 is 0. The van der Waals surface area contributed by atoms with Crippen molar-refractivity contribution in [2.45, 2.75) is 12.8 Å². The summed E-state index contributed by atoms with van der Waals surface area (Å²) in [6.07, 6.45) is 1.09. The molecule has 0 radical (unpaired) electrons. The zero-order valence-corrected chi connectivity index (χ0v) is 3.64. The molecule has 0 unspecified atom stereocenters. The molecule has 0 aliphatic carbocycles. The van der Waals surface area contributed by atoms with Crippen molar-refractivity contribution in [3.63, 3.8) is 0 Å². The second-order valence-corrected chi connectivity index (χ2v) is 1.12. The van der Waals surface area contributed by atoms with Gasteiger partial charge in [-0.05, 0) is 0 Å². The quantitative estimate of drug-likeness (QED) is 0.394. The highest BCUT2D eigenvalue weighted by Gasteiger charge is 1.65. The van der Waals surface area contributed by atoms with Crippen molar-refractivity contribution < 1.29 is 10.2 Å². The summed E-state index contributed by atoms with van der Waals surface area (Å²) in [6.45, 7) is -0.190. The van der Waals surface area contributed by atoms with Crippen LogP contribution in [0, 0.1) is 0 Å². The Bertz CT molecular complexity index is 17.5. The van der Waals surface area contributed by atoms with Crippen molar-refractivity contribution in [3.8, 4) is 0 Å². The standard InChI is InChI=1S/C4H8O2/c5-3-1-2-4-6/h1-4H2/q-2. The lowest BCUT2D eigenvalue weighted by atomic mass is 10.3. The minimum Gasteiger partial charge on any atom is -0.854 e. The molecule has 0 saturated heterocycles. The summed E-state index contributed by atoms with van der Waals surface area (Å²) in [5, 5.41) is 19.1. The SMILES string of the molecule is [O-]CCCC[O-]. The molecule has 0 spiro atoms. The van der Waals surface area contributed by atoms with Gasteiger partial charge < -0.3 is 10.2 Å². The van der Waals surface area contributed by atoms with Crippen LogP contribution in [0.1, 0.15) is 12.8 Å². The van der Waals surface area contributed by atoms with Crippen LogP contribution in [0.25, 0.3) is 0 Å². The van der Waals surface area contributed by atoms with E-state index >= 15 is 0 Å². The van der Waals surface area contributed by atoms with Crippen molar-refractivity contribution in [1.29, 1.82) is 0 Å². The summed E-state index contributed by atoms with van der Waals surface area (Å²) in [5.74, 6) is 0. The van der Waals surface area contributed by atoms with Gasteiger partial charge in [-0.2, -0.15) is 0 Å². The Kier molecular flexibility index (Phi) is 4.85. The molecule has 0 saturated carbocycles. The molecule has 0 fully saturated rings. The highest BCUT2D eigenvalue weighted by molar-refractivity contribution is 4.28. The molecule has 0 aliphatic rings. The van der Waals surface area contributed by atoms with Crippen LogP contribution in [-0.2, 0) is 0 Å². The first-order valence-corrected chi connectivity index (χ1v) is 2.08.